The fourth-order valence-electron chi connectivity index (χ4n) is 4.51. The van der Waals surface area contributed by atoms with Gasteiger partial charge in [-0.2, -0.15) is 0 Å². The van der Waals surface area contributed by atoms with Gasteiger partial charge in [0.05, 0.1) is 6.04 Å². The molecule has 1 aliphatic heterocycles. The van der Waals surface area contributed by atoms with Crippen LogP contribution in [-0.2, 0) is 11.2 Å². The van der Waals surface area contributed by atoms with Crippen molar-refractivity contribution in [3.05, 3.63) is 81.0 Å². The number of anilines is 1. The minimum absolute atomic E-state index is 0.0467. The Morgan fingerprint density at radius 3 is 2.58 bits per heavy atom. The summed E-state index contributed by atoms with van der Waals surface area (Å²) < 4.78 is 6.08. The zero-order valence-electron chi connectivity index (χ0n) is 20.3. The lowest BCUT2D eigenvalue weighted by molar-refractivity contribution is -0.135. The molecule has 2 aromatic carbocycles. The number of nitrogens with zero attached hydrogens (tertiary/aromatic N) is 2. The smallest absolute Gasteiger partial charge is 0.322 e. The lowest BCUT2D eigenvalue weighted by Crippen LogP contribution is -2.49. The van der Waals surface area contributed by atoms with Crippen molar-refractivity contribution in [3.8, 4) is 5.75 Å². The molecule has 1 aliphatic carbocycles. The highest BCUT2D eigenvalue weighted by atomic mass is 35.5. The van der Waals surface area contributed by atoms with Gasteiger partial charge < -0.3 is 19.9 Å². The molecule has 0 radical (unpaired) electrons. The third-order valence-electron chi connectivity index (χ3n) is 6.73. The summed E-state index contributed by atoms with van der Waals surface area (Å²) in [5, 5.41) is 5.69. The van der Waals surface area contributed by atoms with Gasteiger partial charge in [-0.15, -0.1) is 11.3 Å². The summed E-state index contributed by atoms with van der Waals surface area (Å²) in [4.78, 5) is 31.6. The Balaban J connectivity index is 1.29. The topological polar surface area (TPSA) is 61.9 Å². The Kier molecular flexibility index (Phi) is 7.48. The fraction of sp³-hybridized carbons (Fsp3) is 0.357. The van der Waals surface area contributed by atoms with Crippen molar-refractivity contribution < 1.29 is 14.3 Å². The van der Waals surface area contributed by atoms with Gasteiger partial charge in [-0.05, 0) is 85.5 Å². The molecule has 1 fully saturated rings. The van der Waals surface area contributed by atoms with E-state index in [1.54, 1.807) is 28.4 Å². The number of carbonyl (C=O) groups is 2. The molecular formula is C28H30ClN3O3S. The first kappa shape index (κ1) is 24.7. The third kappa shape index (κ3) is 6.02. The quantitative estimate of drug-likeness (QED) is 0.384. The fourth-order valence-corrected chi connectivity index (χ4v) is 5.56. The molecule has 1 aromatic heterocycles. The molecule has 188 valence electrons. The number of rotatable bonds is 8. The van der Waals surface area contributed by atoms with Gasteiger partial charge >= 0.3 is 6.03 Å². The van der Waals surface area contributed by atoms with Crippen LogP contribution in [0.4, 0.5) is 10.5 Å². The minimum Gasteiger partial charge on any atom is -0.491 e. The normalized spacial score (nSPS) is 16.8. The summed E-state index contributed by atoms with van der Waals surface area (Å²) >= 11 is 7.72. The molecular weight excluding hydrogens is 494 g/mol. The van der Waals surface area contributed by atoms with Gasteiger partial charge in [0.1, 0.15) is 18.9 Å². The largest absolute Gasteiger partial charge is 0.491 e. The van der Waals surface area contributed by atoms with Crippen LogP contribution in [0.25, 0.3) is 0 Å². The first-order valence-electron chi connectivity index (χ1n) is 12.3. The Morgan fingerprint density at radius 2 is 1.86 bits per heavy atom. The summed E-state index contributed by atoms with van der Waals surface area (Å²) in [6, 6.07) is 16.6. The highest BCUT2D eigenvalue weighted by molar-refractivity contribution is 7.10. The molecule has 0 spiro atoms. The van der Waals surface area contributed by atoms with E-state index in [0.717, 1.165) is 36.1 Å². The maximum Gasteiger partial charge on any atom is 0.322 e. The summed E-state index contributed by atoms with van der Waals surface area (Å²) in [5.41, 5.74) is 2.99. The number of hydrogen-bond acceptors (Lipinski definition) is 4. The maximum atomic E-state index is 13.6. The van der Waals surface area contributed by atoms with Gasteiger partial charge in [0.15, 0.2) is 0 Å². The monoisotopic (exact) mass is 523 g/mol. The highest BCUT2D eigenvalue weighted by Gasteiger charge is 2.35. The predicted octanol–water partition coefficient (Wildman–Crippen LogP) is 6.16. The predicted molar refractivity (Wildman–Crippen MR) is 144 cm³/mol. The summed E-state index contributed by atoms with van der Waals surface area (Å²) in [6.45, 7) is 3.60. The second-order valence-corrected chi connectivity index (χ2v) is 11.0. The Morgan fingerprint density at radius 1 is 1.11 bits per heavy atom. The summed E-state index contributed by atoms with van der Waals surface area (Å²) in [5.74, 6) is 1.12. The van der Waals surface area contributed by atoms with Gasteiger partial charge in [0.2, 0.25) is 5.91 Å². The molecule has 2 aliphatic rings. The summed E-state index contributed by atoms with van der Waals surface area (Å²) in [7, 11) is 0. The molecule has 3 aromatic rings. The maximum absolute atomic E-state index is 13.6. The zero-order chi connectivity index (χ0) is 25.1. The van der Waals surface area contributed by atoms with Crippen LogP contribution in [0.15, 0.2) is 60.0 Å². The standard InChI is InChI=1S/C28H30ClN3O3S/c1-19-2-8-22(9-3-19)30-28(34)31(16-20-4-5-20)17-27(33)32-14-12-26-24(13-15-36-26)25(32)18-35-23-10-6-21(29)7-11-23/h2-3,6-11,13,15,20,25H,4-5,12,14,16-18H2,1H3,(H,30,34)/t25-/m0/s1. The van der Waals surface area contributed by atoms with E-state index in [4.69, 9.17) is 16.3 Å². The molecule has 0 unspecified atom stereocenters. The zero-order valence-corrected chi connectivity index (χ0v) is 21.9. The van der Waals surface area contributed by atoms with Gasteiger partial charge in [-0.3, -0.25) is 4.79 Å². The van der Waals surface area contributed by atoms with E-state index in [-0.39, 0.29) is 24.5 Å². The first-order chi connectivity index (χ1) is 17.5. The highest BCUT2D eigenvalue weighted by Crippen LogP contribution is 2.35. The number of urea groups is 1. The van der Waals surface area contributed by atoms with Crippen molar-refractivity contribution in [2.45, 2.75) is 32.2 Å². The number of halogens is 1. The average molecular weight is 524 g/mol. The lowest BCUT2D eigenvalue weighted by atomic mass is 10.0. The van der Waals surface area contributed by atoms with Gasteiger partial charge in [-0.25, -0.2) is 4.79 Å². The van der Waals surface area contributed by atoms with E-state index in [2.05, 4.69) is 16.8 Å². The first-order valence-corrected chi connectivity index (χ1v) is 13.6. The lowest BCUT2D eigenvalue weighted by Gasteiger charge is -2.37. The average Bonchev–Trinajstić information content (AvgIpc) is 3.56. The molecule has 5 rings (SSSR count). The minimum atomic E-state index is -0.235. The van der Waals surface area contributed by atoms with Crippen LogP contribution in [0.2, 0.25) is 5.02 Å². The second-order valence-electron chi connectivity index (χ2n) is 9.54. The molecule has 1 atom stereocenters. The van der Waals surface area contributed by atoms with Crippen LogP contribution in [0.5, 0.6) is 5.75 Å². The van der Waals surface area contributed by atoms with Crippen LogP contribution >= 0.6 is 22.9 Å². The number of amides is 3. The van der Waals surface area contributed by atoms with Crippen molar-refractivity contribution in [3.63, 3.8) is 0 Å². The molecule has 2 heterocycles. The number of nitrogens with one attached hydrogen (secondary N) is 1. The number of ether oxygens (including phenoxy) is 1. The van der Waals surface area contributed by atoms with Crippen molar-refractivity contribution >= 4 is 40.6 Å². The molecule has 6 nitrogen and oxygen atoms in total. The Labute approximate surface area is 220 Å². The molecule has 1 saturated carbocycles. The Bertz CT molecular complexity index is 1210. The van der Waals surface area contributed by atoms with Crippen molar-refractivity contribution in [1.29, 1.82) is 0 Å². The number of aryl methyl sites for hydroxylation is 1. The number of carbonyl (C=O) groups excluding carboxylic acids is 2. The van der Waals surface area contributed by atoms with Crippen LogP contribution in [0.3, 0.4) is 0 Å². The number of fused-ring (bicyclic) bond motifs is 1. The second kappa shape index (κ2) is 10.9. The van der Waals surface area contributed by atoms with E-state index in [9.17, 15) is 9.59 Å². The van der Waals surface area contributed by atoms with Gasteiger partial charge in [0.25, 0.3) is 0 Å². The van der Waals surface area contributed by atoms with Crippen LogP contribution in [0, 0.1) is 12.8 Å². The van der Waals surface area contributed by atoms with Crippen molar-refractivity contribution in [2.75, 3.05) is 31.6 Å². The van der Waals surface area contributed by atoms with E-state index in [1.165, 1.54) is 4.88 Å². The van der Waals surface area contributed by atoms with E-state index >= 15 is 0 Å². The molecule has 0 saturated heterocycles. The molecule has 3 amide bonds. The van der Waals surface area contributed by atoms with Crippen LogP contribution in [0.1, 0.15) is 34.9 Å². The van der Waals surface area contributed by atoms with Crippen molar-refractivity contribution in [1.82, 2.24) is 9.80 Å². The van der Waals surface area contributed by atoms with E-state index in [1.807, 2.05) is 48.2 Å². The van der Waals surface area contributed by atoms with Crippen LogP contribution < -0.4 is 10.1 Å². The van der Waals surface area contributed by atoms with Crippen LogP contribution in [-0.4, -0.2) is 48.0 Å². The SMILES string of the molecule is Cc1ccc(NC(=O)N(CC(=O)N2CCc3sccc3[C@@H]2COc2ccc(Cl)cc2)CC2CC2)cc1. The van der Waals surface area contributed by atoms with Crippen molar-refractivity contribution in [2.24, 2.45) is 5.92 Å². The molecule has 36 heavy (non-hydrogen) atoms. The summed E-state index contributed by atoms with van der Waals surface area (Å²) in [6.07, 6.45) is 3.01. The third-order valence-corrected chi connectivity index (χ3v) is 7.98. The molecule has 1 N–H and O–H groups in total. The molecule has 8 heteroatoms. The van der Waals surface area contributed by atoms with E-state index < -0.39 is 0 Å². The number of benzene rings is 2. The van der Waals surface area contributed by atoms with Gasteiger partial charge in [0, 0.05) is 28.7 Å². The molecule has 0 bridgehead atoms. The number of thiophene rings is 1. The Hall–Kier alpha value is -3.03. The van der Waals surface area contributed by atoms with E-state index in [0.29, 0.717) is 36.4 Å². The number of hydrogen-bond donors (Lipinski definition) is 1. The van der Waals surface area contributed by atoms with Gasteiger partial charge in [-0.1, -0.05) is 29.3 Å².